The predicted molar refractivity (Wildman–Crippen MR) is 135 cm³/mol. The van der Waals surface area contributed by atoms with Crippen LogP contribution in [0.15, 0.2) is 6.07 Å². The van der Waals surface area contributed by atoms with Gasteiger partial charge in [0.15, 0.2) is 23.0 Å². The molecule has 0 aliphatic carbocycles. The second-order valence-electron chi connectivity index (χ2n) is 9.23. The van der Waals surface area contributed by atoms with Crippen LogP contribution in [-0.2, 0) is 12.8 Å². The molecule has 4 rings (SSSR count). The summed E-state index contributed by atoms with van der Waals surface area (Å²) in [5.41, 5.74) is 5.28. The molecule has 1 saturated heterocycles. The maximum Gasteiger partial charge on any atom is 0.167 e. The maximum atomic E-state index is 5.99. The lowest BCUT2D eigenvalue weighted by atomic mass is 9.78. The highest BCUT2D eigenvalue weighted by atomic mass is 16.5. The molecule has 0 spiro atoms. The van der Waals surface area contributed by atoms with Gasteiger partial charge in [-0.2, -0.15) is 0 Å². The molecule has 1 fully saturated rings. The van der Waals surface area contributed by atoms with Crippen LogP contribution in [0.5, 0.6) is 34.5 Å². The molecule has 0 aromatic heterocycles. The molecule has 192 valence electrons. The molecule has 0 amide bonds. The van der Waals surface area contributed by atoms with Crippen LogP contribution in [0.25, 0.3) is 0 Å². The molecule has 8 heteroatoms. The van der Waals surface area contributed by atoms with Gasteiger partial charge in [-0.15, -0.1) is 0 Å². The number of hydrogen-bond acceptors (Lipinski definition) is 8. The minimum atomic E-state index is 0.0500. The third-order valence-electron chi connectivity index (χ3n) is 7.66. The van der Waals surface area contributed by atoms with Gasteiger partial charge in [0.05, 0.1) is 48.7 Å². The summed E-state index contributed by atoms with van der Waals surface area (Å²) in [5, 5.41) is 3.81. The molecule has 3 atom stereocenters. The first-order valence-corrected chi connectivity index (χ1v) is 11.9. The molecule has 0 radical (unpaired) electrons. The highest BCUT2D eigenvalue weighted by molar-refractivity contribution is 5.65. The van der Waals surface area contributed by atoms with Crippen LogP contribution < -0.4 is 33.7 Å². The van der Waals surface area contributed by atoms with Gasteiger partial charge in [-0.1, -0.05) is 0 Å². The van der Waals surface area contributed by atoms with Gasteiger partial charge in [0.25, 0.3) is 0 Å². The summed E-state index contributed by atoms with van der Waals surface area (Å²) in [5.74, 6) is 4.59. The smallest absolute Gasteiger partial charge is 0.167 e. The van der Waals surface area contributed by atoms with Gasteiger partial charge in [0.2, 0.25) is 0 Å². The Kier molecular flexibility index (Phi) is 7.24. The van der Waals surface area contributed by atoms with Crippen LogP contribution in [0, 0.1) is 13.8 Å². The summed E-state index contributed by atoms with van der Waals surface area (Å²) in [6.07, 6.45) is 1.61. The lowest BCUT2D eigenvalue weighted by Crippen LogP contribution is -2.60. The number of benzene rings is 2. The Balaban J connectivity index is 1.87. The Labute approximate surface area is 208 Å². The zero-order valence-electron chi connectivity index (χ0n) is 22.3. The van der Waals surface area contributed by atoms with E-state index in [4.69, 9.17) is 28.4 Å². The van der Waals surface area contributed by atoms with Crippen molar-refractivity contribution in [3.63, 3.8) is 0 Å². The molecule has 0 saturated carbocycles. The summed E-state index contributed by atoms with van der Waals surface area (Å²) in [4.78, 5) is 2.46. The number of piperazine rings is 1. The molecule has 2 aliphatic heterocycles. The summed E-state index contributed by atoms with van der Waals surface area (Å²) >= 11 is 0. The van der Waals surface area contributed by atoms with Crippen molar-refractivity contribution >= 4 is 0 Å². The van der Waals surface area contributed by atoms with Gasteiger partial charge in [0.1, 0.15) is 11.5 Å². The predicted octanol–water partition coefficient (Wildman–Crippen LogP) is 3.47. The number of likely N-dealkylation sites (N-methyl/N-ethyl adjacent to an activating group) is 1. The SMILES string of the molecule is COc1cc(C[C@H]2NC[C@H]3Cc4c(OC)c(C)c(OC)c(OC)c4[C@@H]2N3C)c(OC)c(C)c1OC. The average molecular weight is 487 g/mol. The summed E-state index contributed by atoms with van der Waals surface area (Å²) in [7, 11) is 12.3. The van der Waals surface area contributed by atoms with Crippen molar-refractivity contribution in [3.05, 3.63) is 33.9 Å². The highest BCUT2D eigenvalue weighted by Crippen LogP contribution is 2.52. The van der Waals surface area contributed by atoms with Gasteiger partial charge in [0, 0.05) is 40.9 Å². The van der Waals surface area contributed by atoms with Crippen molar-refractivity contribution in [3.8, 4) is 34.5 Å². The van der Waals surface area contributed by atoms with E-state index < -0.39 is 0 Å². The number of rotatable bonds is 8. The van der Waals surface area contributed by atoms with Gasteiger partial charge >= 0.3 is 0 Å². The van der Waals surface area contributed by atoms with Gasteiger partial charge in [-0.3, -0.25) is 4.90 Å². The molecule has 2 heterocycles. The van der Waals surface area contributed by atoms with Crippen LogP contribution in [-0.4, -0.2) is 73.2 Å². The Hall–Kier alpha value is -2.84. The number of ether oxygens (including phenoxy) is 6. The molecule has 0 unspecified atom stereocenters. The Morgan fingerprint density at radius 1 is 0.800 bits per heavy atom. The van der Waals surface area contributed by atoms with E-state index >= 15 is 0 Å². The van der Waals surface area contributed by atoms with Crippen molar-refractivity contribution in [1.82, 2.24) is 10.2 Å². The van der Waals surface area contributed by atoms with Gasteiger partial charge < -0.3 is 33.7 Å². The van der Waals surface area contributed by atoms with E-state index in [0.29, 0.717) is 17.5 Å². The number of hydrogen-bond donors (Lipinski definition) is 1. The standard InChI is InChI=1S/C27H38N2O6/c1-14-23(31-5)16(11-20(30-4)25(14)33-7)10-19-22-21-18(12-17(13-28-19)29(22)3)24(32-6)15(2)26(34-8)27(21)35-9/h11,17,19,22,28H,10,12-13H2,1-9H3/t17-,19-,22-/m1/s1. The summed E-state index contributed by atoms with van der Waals surface area (Å²) in [6.45, 7) is 4.90. The quantitative estimate of drug-likeness (QED) is 0.608. The van der Waals surface area contributed by atoms with Crippen molar-refractivity contribution in [2.24, 2.45) is 0 Å². The van der Waals surface area contributed by atoms with Crippen molar-refractivity contribution in [2.75, 3.05) is 56.3 Å². The average Bonchev–Trinajstić information content (AvgIpc) is 2.85. The monoisotopic (exact) mass is 486 g/mol. The zero-order valence-corrected chi connectivity index (χ0v) is 22.3. The van der Waals surface area contributed by atoms with Crippen LogP contribution in [0.1, 0.15) is 33.9 Å². The molecule has 2 bridgehead atoms. The lowest BCUT2D eigenvalue weighted by molar-refractivity contribution is 0.0725. The number of methoxy groups -OCH3 is 6. The first-order chi connectivity index (χ1) is 16.9. The molecule has 2 aromatic rings. The molecular formula is C27H38N2O6. The van der Waals surface area contributed by atoms with E-state index in [1.54, 1.807) is 42.7 Å². The van der Waals surface area contributed by atoms with E-state index in [1.807, 2.05) is 19.9 Å². The first kappa shape index (κ1) is 25.3. The van der Waals surface area contributed by atoms with Crippen LogP contribution in [0.3, 0.4) is 0 Å². The molecular weight excluding hydrogens is 448 g/mol. The molecule has 1 N–H and O–H groups in total. The van der Waals surface area contributed by atoms with Crippen LogP contribution in [0.2, 0.25) is 0 Å². The van der Waals surface area contributed by atoms with Crippen molar-refractivity contribution < 1.29 is 28.4 Å². The number of fused-ring (bicyclic) bond motifs is 4. The van der Waals surface area contributed by atoms with Gasteiger partial charge in [-0.25, -0.2) is 0 Å². The Bertz CT molecular complexity index is 1100. The lowest BCUT2D eigenvalue weighted by Gasteiger charge is -2.50. The van der Waals surface area contributed by atoms with E-state index in [2.05, 4.69) is 17.3 Å². The largest absolute Gasteiger partial charge is 0.496 e. The Morgan fingerprint density at radius 3 is 1.97 bits per heavy atom. The van der Waals surface area contributed by atoms with E-state index in [9.17, 15) is 0 Å². The second-order valence-corrected chi connectivity index (χ2v) is 9.23. The van der Waals surface area contributed by atoms with E-state index in [0.717, 1.165) is 64.6 Å². The second kappa shape index (κ2) is 10.0. The summed E-state index contributed by atoms with van der Waals surface area (Å²) in [6, 6.07) is 2.52. The van der Waals surface area contributed by atoms with Crippen LogP contribution in [0.4, 0.5) is 0 Å². The fraction of sp³-hybridized carbons (Fsp3) is 0.556. The number of nitrogens with one attached hydrogen (secondary N) is 1. The molecule has 2 aromatic carbocycles. The third-order valence-corrected chi connectivity index (χ3v) is 7.66. The number of nitrogens with zero attached hydrogens (tertiary/aromatic N) is 1. The minimum Gasteiger partial charge on any atom is -0.496 e. The van der Waals surface area contributed by atoms with Crippen LogP contribution >= 0.6 is 0 Å². The topological polar surface area (TPSA) is 70.7 Å². The zero-order chi connectivity index (χ0) is 25.4. The third kappa shape index (κ3) is 3.93. The molecule has 8 nitrogen and oxygen atoms in total. The molecule has 35 heavy (non-hydrogen) atoms. The van der Waals surface area contributed by atoms with E-state index in [-0.39, 0.29) is 12.1 Å². The first-order valence-electron chi connectivity index (χ1n) is 11.9. The fourth-order valence-electron chi connectivity index (χ4n) is 6.11. The maximum absolute atomic E-state index is 5.99. The van der Waals surface area contributed by atoms with E-state index in [1.165, 1.54) is 5.56 Å². The fourth-order valence-corrected chi connectivity index (χ4v) is 6.11. The Morgan fingerprint density at radius 2 is 1.40 bits per heavy atom. The highest BCUT2D eigenvalue weighted by Gasteiger charge is 2.45. The van der Waals surface area contributed by atoms with Crippen molar-refractivity contribution in [2.45, 2.75) is 44.8 Å². The molecule has 2 aliphatic rings. The minimum absolute atomic E-state index is 0.0500. The van der Waals surface area contributed by atoms with Gasteiger partial charge in [-0.05, 0) is 45.4 Å². The summed E-state index contributed by atoms with van der Waals surface area (Å²) < 4.78 is 34.8. The van der Waals surface area contributed by atoms with Crippen molar-refractivity contribution in [1.29, 1.82) is 0 Å². The normalized spacial score (nSPS) is 21.2.